The van der Waals surface area contributed by atoms with Crippen molar-refractivity contribution in [2.45, 2.75) is 19.9 Å². The molecule has 3 heteroatoms. The number of ether oxygens (including phenoxy) is 1. The Labute approximate surface area is 62.9 Å². The first-order valence-electron chi connectivity index (χ1n) is 3.52. The van der Waals surface area contributed by atoms with Gasteiger partial charge in [-0.05, 0) is 13.8 Å². The standard InChI is InChI=1S/C7H17NO2/c1-7(2)8(10-4)5-6-9-3/h7H,5-6H2,1-4H3. The summed E-state index contributed by atoms with van der Waals surface area (Å²) in [6.45, 7) is 5.70. The van der Waals surface area contributed by atoms with Crippen LogP contribution in [0.4, 0.5) is 0 Å². The third kappa shape index (κ3) is 3.82. The van der Waals surface area contributed by atoms with Crippen LogP contribution in [0.15, 0.2) is 0 Å². The Morgan fingerprint density at radius 2 is 1.90 bits per heavy atom. The lowest BCUT2D eigenvalue weighted by Gasteiger charge is -2.22. The van der Waals surface area contributed by atoms with Crippen LogP contribution in [-0.2, 0) is 9.57 Å². The maximum atomic E-state index is 5.07. The van der Waals surface area contributed by atoms with Crippen molar-refractivity contribution in [3.8, 4) is 0 Å². The van der Waals surface area contributed by atoms with E-state index in [1.54, 1.807) is 14.2 Å². The Morgan fingerprint density at radius 1 is 1.30 bits per heavy atom. The van der Waals surface area contributed by atoms with Crippen molar-refractivity contribution in [1.82, 2.24) is 5.06 Å². The molecule has 0 N–H and O–H groups in total. The fourth-order valence-corrected chi connectivity index (χ4v) is 0.742. The van der Waals surface area contributed by atoms with Crippen molar-refractivity contribution in [1.29, 1.82) is 0 Å². The predicted molar refractivity (Wildman–Crippen MR) is 40.7 cm³/mol. The Morgan fingerprint density at radius 3 is 2.20 bits per heavy atom. The number of nitrogens with zero attached hydrogens (tertiary/aromatic N) is 1. The van der Waals surface area contributed by atoms with Crippen molar-refractivity contribution < 1.29 is 9.57 Å². The van der Waals surface area contributed by atoms with Crippen LogP contribution < -0.4 is 0 Å². The number of hydrogen-bond donors (Lipinski definition) is 0. The van der Waals surface area contributed by atoms with E-state index in [0.29, 0.717) is 12.6 Å². The average Bonchev–Trinajstić information content (AvgIpc) is 1.89. The Balaban J connectivity index is 3.40. The van der Waals surface area contributed by atoms with Gasteiger partial charge in [-0.15, -0.1) is 0 Å². The smallest absolute Gasteiger partial charge is 0.0613 e. The van der Waals surface area contributed by atoms with Gasteiger partial charge in [-0.25, -0.2) is 0 Å². The fourth-order valence-electron chi connectivity index (χ4n) is 0.742. The topological polar surface area (TPSA) is 21.7 Å². The number of rotatable bonds is 5. The Kier molecular flexibility index (Phi) is 5.58. The quantitative estimate of drug-likeness (QED) is 0.539. The Bertz CT molecular complexity index is 76.0. The normalized spacial score (nSPS) is 11.4. The molecule has 0 saturated heterocycles. The molecule has 0 saturated carbocycles. The van der Waals surface area contributed by atoms with Crippen molar-refractivity contribution in [2.75, 3.05) is 27.4 Å². The molecule has 0 aromatic carbocycles. The van der Waals surface area contributed by atoms with E-state index in [4.69, 9.17) is 9.57 Å². The van der Waals surface area contributed by atoms with Crippen LogP contribution in [0, 0.1) is 0 Å². The maximum Gasteiger partial charge on any atom is 0.0613 e. The minimum absolute atomic E-state index is 0.417. The molecule has 0 heterocycles. The van der Waals surface area contributed by atoms with Crippen LogP contribution in [0.25, 0.3) is 0 Å². The summed E-state index contributed by atoms with van der Waals surface area (Å²) in [6.07, 6.45) is 0. The summed E-state index contributed by atoms with van der Waals surface area (Å²) in [5.41, 5.74) is 0. The molecule has 0 amide bonds. The molecule has 62 valence electrons. The molecular weight excluding hydrogens is 130 g/mol. The lowest BCUT2D eigenvalue weighted by Crippen LogP contribution is -2.32. The van der Waals surface area contributed by atoms with E-state index in [0.717, 1.165) is 6.54 Å². The zero-order valence-corrected chi connectivity index (χ0v) is 7.26. The molecule has 10 heavy (non-hydrogen) atoms. The van der Waals surface area contributed by atoms with E-state index in [1.807, 2.05) is 5.06 Å². The van der Waals surface area contributed by atoms with Gasteiger partial charge in [-0.1, -0.05) is 0 Å². The lowest BCUT2D eigenvalue weighted by molar-refractivity contribution is -0.160. The molecule has 0 radical (unpaired) electrons. The van der Waals surface area contributed by atoms with Crippen LogP contribution in [0.5, 0.6) is 0 Å². The van der Waals surface area contributed by atoms with E-state index in [2.05, 4.69) is 13.8 Å². The van der Waals surface area contributed by atoms with Gasteiger partial charge < -0.3 is 9.57 Å². The Hall–Kier alpha value is -0.120. The maximum absolute atomic E-state index is 5.07. The zero-order chi connectivity index (χ0) is 7.98. The van der Waals surface area contributed by atoms with E-state index in [1.165, 1.54) is 0 Å². The SMILES string of the molecule is COCCN(OC)C(C)C. The minimum Gasteiger partial charge on any atom is -0.383 e. The average molecular weight is 147 g/mol. The molecule has 0 aromatic heterocycles. The van der Waals surface area contributed by atoms with E-state index >= 15 is 0 Å². The van der Waals surface area contributed by atoms with Crippen molar-refractivity contribution in [2.24, 2.45) is 0 Å². The van der Waals surface area contributed by atoms with Crippen molar-refractivity contribution in [3.05, 3.63) is 0 Å². The van der Waals surface area contributed by atoms with Gasteiger partial charge in [0, 0.05) is 19.7 Å². The molecule has 0 fully saturated rings. The molecule has 0 aliphatic carbocycles. The first kappa shape index (κ1) is 9.88. The zero-order valence-electron chi connectivity index (χ0n) is 7.26. The summed E-state index contributed by atoms with van der Waals surface area (Å²) in [4.78, 5) is 5.07. The predicted octanol–water partition coefficient (Wildman–Crippen LogP) is 0.905. The van der Waals surface area contributed by atoms with Crippen LogP contribution >= 0.6 is 0 Å². The second-order valence-electron chi connectivity index (χ2n) is 2.41. The third-order valence-corrected chi connectivity index (χ3v) is 1.33. The highest BCUT2D eigenvalue weighted by Gasteiger charge is 2.05. The molecule has 0 aromatic rings. The van der Waals surface area contributed by atoms with E-state index in [-0.39, 0.29) is 0 Å². The van der Waals surface area contributed by atoms with Gasteiger partial charge in [0.2, 0.25) is 0 Å². The highest BCUT2D eigenvalue weighted by Crippen LogP contribution is 1.95. The summed E-state index contributed by atoms with van der Waals surface area (Å²) in [5.74, 6) is 0. The number of methoxy groups -OCH3 is 1. The second kappa shape index (κ2) is 5.65. The monoisotopic (exact) mass is 147 g/mol. The van der Waals surface area contributed by atoms with Gasteiger partial charge in [0.15, 0.2) is 0 Å². The second-order valence-corrected chi connectivity index (χ2v) is 2.41. The summed E-state index contributed by atoms with van der Waals surface area (Å²) in [7, 11) is 3.36. The molecule has 0 aliphatic heterocycles. The van der Waals surface area contributed by atoms with Crippen molar-refractivity contribution >= 4 is 0 Å². The lowest BCUT2D eigenvalue weighted by atomic mass is 10.4. The first-order valence-corrected chi connectivity index (χ1v) is 3.52. The summed E-state index contributed by atoms with van der Waals surface area (Å²) in [5, 5.41) is 1.88. The molecule has 0 bridgehead atoms. The van der Waals surface area contributed by atoms with E-state index in [9.17, 15) is 0 Å². The number of hydroxylamine groups is 2. The van der Waals surface area contributed by atoms with Gasteiger partial charge in [-0.3, -0.25) is 0 Å². The van der Waals surface area contributed by atoms with Crippen LogP contribution in [0.1, 0.15) is 13.8 Å². The summed E-state index contributed by atoms with van der Waals surface area (Å²) in [6, 6.07) is 0.417. The summed E-state index contributed by atoms with van der Waals surface area (Å²) >= 11 is 0. The molecule has 0 atom stereocenters. The first-order chi connectivity index (χ1) is 4.72. The van der Waals surface area contributed by atoms with Crippen molar-refractivity contribution in [3.63, 3.8) is 0 Å². The molecule has 0 unspecified atom stereocenters. The highest BCUT2D eigenvalue weighted by molar-refractivity contribution is 4.50. The van der Waals surface area contributed by atoms with Gasteiger partial charge >= 0.3 is 0 Å². The van der Waals surface area contributed by atoms with Gasteiger partial charge in [0.1, 0.15) is 0 Å². The van der Waals surface area contributed by atoms with Gasteiger partial charge in [0.25, 0.3) is 0 Å². The van der Waals surface area contributed by atoms with Gasteiger partial charge in [-0.2, -0.15) is 5.06 Å². The molecule has 0 spiro atoms. The third-order valence-electron chi connectivity index (χ3n) is 1.33. The van der Waals surface area contributed by atoms with Crippen LogP contribution in [0.3, 0.4) is 0 Å². The van der Waals surface area contributed by atoms with E-state index < -0.39 is 0 Å². The fraction of sp³-hybridized carbons (Fsp3) is 1.00. The number of hydrogen-bond acceptors (Lipinski definition) is 3. The summed E-state index contributed by atoms with van der Waals surface area (Å²) < 4.78 is 4.90. The van der Waals surface area contributed by atoms with Crippen LogP contribution in [0.2, 0.25) is 0 Å². The molecule has 0 aliphatic rings. The molecular formula is C7H17NO2. The van der Waals surface area contributed by atoms with Gasteiger partial charge in [0.05, 0.1) is 13.7 Å². The highest BCUT2D eigenvalue weighted by atomic mass is 16.7. The van der Waals surface area contributed by atoms with Crippen LogP contribution in [-0.4, -0.2) is 38.5 Å². The largest absolute Gasteiger partial charge is 0.383 e. The minimum atomic E-state index is 0.417. The molecule has 0 rings (SSSR count). The molecule has 3 nitrogen and oxygen atoms in total.